The Balaban J connectivity index is 2.78. The number of benzene rings is 1. The molecule has 0 radical (unpaired) electrons. The predicted molar refractivity (Wildman–Crippen MR) is 72.1 cm³/mol. The zero-order chi connectivity index (χ0) is 13.9. The van der Waals surface area contributed by atoms with Crippen LogP contribution in [0.2, 0.25) is 0 Å². The van der Waals surface area contributed by atoms with E-state index in [1.807, 2.05) is 26.8 Å². The summed E-state index contributed by atoms with van der Waals surface area (Å²) in [6, 6.07) is 5.33. The van der Waals surface area contributed by atoms with Crippen molar-refractivity contribution in [2.75, 3.05) is 6.61 Å². The smallest absolute Gasteiger partial charge is 0.159 e. The minimum absolute atomic E-state index is 0.0406. The van der Waals surface area contributed by atoms with Gasteiger partial charge >= 0.3 is 0 Å². The molecular formula is C15H22O3. The molecule has 0 fully saturated rings. The highest BCUT2D eigenvalue weighted by Gasteiger charge is 2.26. The van der Waals surface area contributed by atoms with Gasteiger partial charge in [0.15, 0.2) is 5.78 Å². The Morgan fingerprint density at radius 1 is 1.44 bits per heavy atom. The Bertz CT molecular complexity index is 433. The second-order valence-corrected chi connectivity index (χ2v) is 5.34. The van der Waals surface area contributed by atoms with Gasteiger partial charge in [-0.05, 0) is 50.5 Å². The molecule has 0 aliphatic carbocycles. The summed E-state index contributed by atoms with van der Waals surface area (Å²) in [6.45, 7) is 9.34. The Hall–Kier alpha value is -1.35. The number of aryl methyl sites for hydroxylation is 1. The molecule has 0 aromatic heterocycles. The van der Waals surface area contributed by atoms with E-state index in [9.17, 15) is 9.90 Å². The van der Waals surface area contributed by atoms with Gasteiger partial charge in [-0.1, -0.05) is 13.8 Å². The first-order chi connectivity index (χ1) is 8.24. The van der Waals surface area contributed by atoms with Crippen LogP contribution in [0.25, 0.3) is 0 Å². The van der Waals surface area contributed by atoms with Crippen LogP contribution in [0.5, 0.6) is 5.75 Å². The summed E-state index contributed by atoms with van der Waals surface area (Å²) in [7, 11) is 0. The van der Waals surface area contributed by atoms with E-state index < -0.39 is 5.60 Å². The van der Waals surface area contributed by atoms with Crippen LogP contribution >= 0.6 is 0 Å². The van der Waals surface area contributed by atoms with Gasteiger partial charge in [0.05, 0.1) is 5.60 Å². The summed E-state index contributed by atoms with van der Waals surface area (Å²) in [6.07, 6.45) is 0. The van der Waals surface area contributed by atoms with Crippen LogP contribution in [0.15, 0.2) is 18.2 Å². The molecule has 0 aliphatic rings. The molecule has 0 aliphatic heterocycles. The molecule has 0 heterocycles. The molecule has 3 nitrogen and oxygen atoms in total. The summed E-state index contributed by atoms with van der Waals surface area (Å²) in [4.78, 5) is 11.2. The number of hydrogen-bond acceptors (Lipinski definition) is 3. The van der Waals surface area contributed by atoms with E-state index in [0.717, 1.165) is 5.56 Å². The van der Waals surface area contributed by atoms with Crippen LogP contribution in [0.4, 0.5) is 0 Å². The maximum absolute atomic E-state index is 11.2. The third kappa shape index (κ3) is 3.57. The van der Waals surface area contributed by atoms with E-state index >= 15 is 0 Å². The number of ketones is 1. The van der Waals surface area contributed by atoms with Crippen LogP contribution < -0.4 is 4.74 Å². The molecule has 1 unspecified atom stereocenters. The average molecular weight is 250 g/mol. The fourth-order valence-corrected chi connectivity index (χ4v) is 1.42. The maximum Gasteiger partial charge on any atom is 0.159 e. The van der Waals surface area contributed by atoms with Crippen LogP contribution in [-0.4, -0.2) is 23.1 Å². The molecule has 1 N–H and O–H groups in total. The Labute approximate surface area is 109 Å². The molecular weight excluding hydrogens is 228 g/mol. The molecule has 1 atom stereocenters. The Kier molecular flexibility index (Phi) is 4.52. The second-order valence-electron chi connectivity index (χ2n) is 5.34. The molecule has 3 heteroatoms. The van der Waals surface area contributed by atoms with E-state index in [-0.39, 0.29) is 18.3 Å². The zero-order valence-electron chi connectivity index (χ0n) is 11.8. The Morgan fingerprint density at radius 3 is 2.50 bits per heavy atom. The highest BCUT2D eigenvalue weighted by Crippen LogP contribution is 2.23. The molecule has 0 amide bonds. The minimum Gasteiger partial charge on any atom is -0.490 e. The second kappa shape index (κ2) is 5.53. The van der Waals surface area contributed by atoms with Crippen LogP contribution in [0.1, 0.15) is 43.6 Å². The molecule has 18 heavy (non-hydrogen) atoms. The van der Waals surface area contributed by atoms with Crippen molar-refractivity contribution in [2.45, 2.75) is 40.2 Å². The summed E-state index contributed by atoms with van der Waals surface area (Å²) in [5.74, 6) is 0.869. The highest BCUT2D eigenvalue weighted by atomic mass is 16.5. The predicted octanol–water partition coefficient (Wildman–Crippen LogP) is 2.98. The lowest BCUT2D eigenvalue weighted by atomic mass is 9.94. The molecule has 1 aromatic rings. The zero-order valence-corrected chi connectivity index (χ0v) is 11.8. The van der Waals surface area contributed by atoms with E-state index in [4.69, 9.17) is 4.74 Å². The number of rotatable bonds is 5. The summed E-state index contributed by atoms with van der Waals surface area (Å²) in [5, 5.41) is 10.1. The fraction of sp³-hybridized carbons (Fsp3) is 0.533. The first kappa shape index (κ1) is 14.7. The quantitative estimate of drug-likeness (QED) is 0.817. The first-order valence-electron chi connectivity index (χ1n) is 6.21. The van der Waals surface area contributed by atoms with Crippen LogP contribution in [0, 0.1) is 12.8 Å². The SMILES string of the molecule is CC(=O)c1ccc(OCC(C)(O)C(C)C)c(C)c1. The molecule has 0 saturated carbocycles. The number of hydrogen-bond donors (Lipinski definition) is 1. The number of Topliss-reactive ketones (excluding diaryl/α,β-unsaturated/α-hetero) is 1. The monoisotopic (exact) mass is 250 g/mol. The highest BCUT2D eigenvalue weighted by molar-refractivity contribution is 5.94. The third-order valence-electron chi connectivity index (χ3n) is 3.35. The fourth-order valence-electron chi connectivity index (χ4n) is 1.42. The van der Waals surface area contributed by atoms with Gasteiger partial charge in [-0.15, -0.1) is 0 Å². The largest absolute Gasteiger partial charge is 0.490 e. The molecule has 1 aromatic carbocycles. The molecule has 0 spiro atoms. The van der Waals surface area contributed by atoms with Crippen LogP contribution in [-0.2, 0) is 0 Å². The normalized spacial score (nSPS) is 14.4. The van der Waals surface area contributed by atoms with Crippen molar-refractivity contribution < 1.29 is 14.6 Å². The van der Waals surface area contributed by atoms with E-state index in [0.29, 0.717) is 11.3 Å². The number of aliphatic hydroxyl groups is 1. The molecule has 1 rings (SSSR count). The van der Waals surface area contributed by atoms with Gasteiger partial charge < -0.3 is 9.84 Å². The van der Waals surface area contributed by atoms with Crippen molar-refractivity contribution in [2.24, 2.45) is 5.92 Å². The minimum atomic E-state index is -0.855. The first-order valence-corrected chi connectivity index (χ1v) is 6.21. The van der Waals surface area contributed by atoms with Crippen molar-refractivity contribution in [1.82, 2.24) is 0 Å². The lowest BCUT2D eigenvalue weighted by Gasteiger charge is -2.27. The van der Waals surface area contributed by atoms with E-state index in [1.54, 1.807) is 26.0 Å². The maximum atomic E-state index is 11.2. The average Bonchev–Trinajstić information content (AvgIpc) is 2.26. The molecule has 0 saturated heterocycles. The lowest BCUT2D eigenvalue weighted by molar-refractivity contribution is -0.0268. The lowest BCUT2D eigenvalue weighted by Crippen LogP contribution is -2.37. The number of carbonyl (C=O) groups excluding carboxylic acids is 1. The van der Waals surface area contributed by atoms with Gasteiger partial charge in [-0.3, -0.25) is 4.79 Å². The van der Waals surface area contributed by atoms with Crippen molar-refractivity contribution in [3.05, 3.63) is 29.3 Å². The van der Waals surface area contributed by atoms with Crippen molar-refractivity contribution in [1.29, 1.82) is 0 Å². The molecule has 0 bridgehead atoms. The number of carbonyl (C=O) groups is 1. The topological polar surface area (TPSA) is 46.5 Å². The van der Waals surface area contributed by atoms with Gasteiger partial charge in [0.1, 0.15) is 12.4 Å². The van der Waals surface area contributed by atoms with Crippen molar-refractivity contribution in [3.63, 3.8) is 0 Å². The van der Waals surface area contributed by atoms with Gasteiger partial charge in [0, 0.05) is 5.56 Å². The number of ether oxygens (including phenoxy) is 1. The van der Waals surface area contributed by atoms with E-state index in [1.165, 1.54) is 0 Å². The van der Waals surface area contributed by atoms with Gasteiger partial charge in [-0.2, -0.15) is 0 Å². The van der Waals surface area contributed by atoms with E-state index in [2.05, 4.69) is 0 Å². The van der Waals surface area contributed by atoms with Gasteiger partial charge in [0.25, 0.3) is 0 Å². The van der Waals surface area contributed by atoms with Gasteiger partial charge in [-0.25, -0.2) is 0 Å². The van der Waals surface area contributed by atoms with Gasteiger partial charge in [0.2, 0.25) is 0 Å². The van der Waals surface area contributed by atoms with Crippen LogP contribution in [0.3, 0.4) is 0 Å². The summed E-state index contributed by atoms with van der Waals surface area (Å²) in [5.41, 5.74) is 0.726. The van der Waals surface area contributed by atoms with Crippen molar-refractivity contribution >= 4 is 5.78 Å². The Morgan fingerprint density at radius 2 is 2.06 bits per heavy atom. The summed E-state index contributed by atoms with van der Waals surface area (Å²) < 4.78 is 5.64. The third-order valence-corrected chi connectivity index (χ3v) is 3.35. The summed E-state index contributed by atoms with van der Waals surface area (Å²) >= 11 is 0. The standard InChI is InChI=1S/C15H22O3/c1-10(2)15(5,17)9-18-14-7-6-13(12(4)16)8-11(14)3/h6-8,10,17H,9H2,1-5H3. The molecule has 100 valence electrons. The van der Waals surface area contributed by atoms with Crippen molar-refractivity contribution in [3.8, 4) is 5.75 Å².